The number of nitrogens with two attached hydrogens (primary N) is 1. The zero-order valence-electron chi connectivity index (χ0n) is 13.2. The van der Waals surface area contributed by atoms with Crippen molar-refractivity contribution in [2.75, 3.05) is 16.8 Å². The monoisotopic (exact) mass is 360 g/mol. The Morgan fingerprint density at radius 3 is 2.36 bits per heavy atom. The minimum Gasteiger partial charge on any atom is -0.350 e. The number of nitrogens with one attached hydrogen (secondary N) is 2. The molecule has 4 N–H and O–H groups in total. The maximum absolute atomic E-state index is 13.0. The Balaban J connectivity index is 1.93. The molecule has 0 fully saturated rings. The third kappa shape index (κ3) is 6.64. The molecule has 0 heterocycles. The second-order valence-corrected chi connectivity index (χ2v) is 5.93. The normalized spacial score (nSPS) is 11.0. The van der Waals surface area contributed by atoms with Gasteiger partial charge in [-0.25, -0.2) is 14.6 Å². The van der Waals surface area contributed by atoms with Crippen LogP contribution in [0.5, 0.6) is 0 Å². The maximum atomic E-state index is 13.0. The lowest BCUT2D eigenvalue weighted by atomic mass is 10.1. The number of primary amides is 1. The molecule has 8 heteroatoms. The second kappa shape index (κ2) is 9.43. The van der Waals surface area contributed by atoms with Gasteiger partial charge >= 0.3 is 6.03 Å². The molecule has 0 spiro atoms. The molecule has 2 aromatic carbocycles. The van der Waals surface area contributed by atoms with Crippen molar-refractivity contribution in [3.63, 3.8) is 0 Å². The van der Waals surface area contributed by atoms with Crippen molar-refractivity contribution in [1.82, 2.24) is 5.43 Å². The molecule has 3 amide bonds. The van der Waals surface area contributed by atoms with Crippen molar-refractivity contribution in [1.29, 1.82) is 0 Å². The van der Waals surface area contributed by atoms with Crippen LogP contribution in [0.4, 0.5) is 14.9 Å². The smallest absolute Gasteiger partial charge is 0.332 e. The molecular weight excluding hydrogens is 343 g/mol. The van der Waals surface area contributed by atoms with Crippen molar-refractivity contribution < 1.29 is 14.0 Å². The van der Waals surface area contributed by atoms with Crippen LogP contribution in [-0.4, -0.2) is 29.2 Å². The number of urea groups is 1. The molecule has 0 aromatic heterocycles. The van der Waals surface area contributed by atoms with Crippen LogP contribution in [0.3, 0.4) is 0 Å². The Hall–Kier alpha value is -2.87. The van der Waals surface area contributed by atoms with E-state index in [4.69, 9.17) is 5.73 Å². The fraction of sp³-hybridized carbons (Fsp3) is 0.118. The van der Waals surface area contributed by atoms with Crippen LogP contribution < -0.4 is 16.5 Å². The summed E-state index contributed by atoms with van der Waals surface area (Å²) in [5, 5.41) is 6.70. The van der Waals surface area contributed by atoms with Gasteiger partial charge in [0.2, 0.25) is 5.91 Å². The average Bonchev–Trinajstić information content (AvgIpc) is 2.59. The maximum Gasteiger partial charge on any atom is 0.332 e. The Bertz CT molecular complexity index is 751. The quantitative estimate of drug-likeness (QED) is 0.523. The number of rotatable bonds is 7. The van der Waals surface area contributed by atoms with E-state index >= 15 is 0 Å². The summed E-state index contributed by atoms with van der Waals surface area (Å²) in [6.07, 6.45) is 0. The summed E-state index contributed by atoms with van der Waals surface area (Å²) < 4.78 is 13.0. The first-order valence-corrected chi connectivity index (χ1v) is 8.50. The van der Waals surface area contributed by atoms with Crippen LogP contribution >= 0.6 is 11.8 Å². The summed E-state index contributed by atoms with van der Waals surface area (Å²) in [4.78, 5) is 22.8. The summed E-state index contributed by atoms with van der Waals surface area (Å²) in [6, 6.07) is 14.0. The van der Waals surface area contributed by atoms with Gasteiger partial charge < -0.3 is 11.1 Å². The van der Waals surface area contributed by atoms with Crippen LogP contribution in [0.15, 0.2) is 59.7 Å². The van der Waals surface area contributed by atoms with Gasteiger partial charge in [0, 0.05) is 11.4 Å². The molecular formula is C17H17FN4O2S. The molecule has 130 valence electrons. The second-order valence-electron chi connectivity index (χ2n) is 4.95. The molecule has 0 saturated carbocycles. The highest BCUT2D eigenvalue weighted by Gasteiger charge is 2.08. The van der Waals surface area contributed by atoms with Crippen molar-refractivity contribution in [3.05, 3.63) is 66.0 Å². The van der Waals surface area contributed by atoms with Crippen LogP contribution in [0.25, 0.3) is 0 Å². The standard InChI is InChI=1S/C17H17FN4O2S/c18-13-8-6-12(7-9-13)15(21-22-17(19)24)10-25-11-16(23)20-14-4-2-1-3-5-14/h1-9H,10-11H2,(H,20,23)(H3,19,22,24)/b21-15-. The Labute approximate surface area is 148 Å². The number of thioether (sulfide) groups is 1. The van der Waals surface area contributed by atoms with E-state index in [-0.39, 0.29) is 17.5 Å². The van der Waals surface area contributed by atoms with Gasteiger partial charge in [0.15, 0.2) is 0 Å². The van der Waals surface area contributed by atoms with E-state index in [2.05, 4.69) is 15.8 Å². The summed E-state index contributed by atoms with van der Waals surface area (Å²) in [5.41, 5.74) is 9.01. The Kier molecular flexibility index (Phi) is 6.97. The summed E-state index contributed by atoms with van der Waals surface area (Å²) >= 11 is 1.31. The molecule has 25 heavy (non-hydrogen) atoms. The van der Waals surface area contributed by atoms with E-state index < -0.39 is 6.03 Å². The highest BCUT2D eigenvalue weighted by Crippen LogP contribution is 2.11. The first-order valence-electron chi connectivity index (χ1n) is 7.35. The molecule has 0 unspecified atom stereocenters. The van der Waals surface area contributed by atoms with Gasteiger partial charge in [-0.15, -0.1) is 11.8 Å². The zero-order chi connectivity index (χ0) is 18.1. The zero-order valence-corrected chi connectivity index (χ0v) is 14.1. The van der Waals surface area contributed by atoms with Gasteiger partial charge in [-0.05, 0) is 29.8 Å². The molecule has 6 nitrogen and oxygen atoms in total. The lowest BCUT2D eigenvalue weighted by molar-refractivity contribution is -0.113. The van der Waals surface area contributed by atoms with Gasteiger partial charge in [0.05, 0.1) is 11.5 Å². The Morgan fingerprint density at radius 1 is 1.04 bits per heavy atom. The highest BCUT2D eigenvalue weighted by atomic mass is 32.2. The van der Waals surface area contributed by atoms with E-state index in [1.165, 1.54) is 23.9 Å². The first kappa shape index (κ1) is 18.5. The lowest BCUT2D eigenvalue weighted by Crippen LogP contribution is -2.26. The van der Waals surface area contributed by atoms with Crippen LogP contribution in [0, 0.1) is 5.82 Å². The SMILES string of the molecule is NC(=O)N/N=C(/CSCC(=O)Nc1ccccc1)c1ccc(F)cc1. The number of nitrogens with zero attached hydrogens (tertiary/aromatic N) is 1. The van der Waals surface area contributed by atoms with Crippen molar-refractivity contribution in [2.45, 2.75) is 0 Å². The minimum absolute atomic E-state index is 0.155. The summed E-state index contributed by atoms with van der Waals surface area (Å²) in [5.74, 6) is 0.0122. The molecule has 0 saturated heterocycles. The van der Waals surface area contributed by atoms with E-state index in [0.29, 0.717) is 17.0 Å². The molecule has 2 aromatic rings. The Morgan fingerprint density at radius 2 is 1.72 bits per heavy atom. The van der Waals surface area contributed by atoms with Gasteiger partial charge in [-0.3, -0.25) is 4.79 Å². The molecule has 0 aliphatic carbocycles. The van der Waals surface area contributed by atoms with Gasteiger partial charge in [-0.2, -0.15) is 5.10 Å². The number of hydrogen-bond donors (Lipinski definition) is 3. The number of amides is 3. The molecule has 0 atom stereocenters. The predicted molar refractivity (Wildman–Crippen MR) is 98.1 cm³/mol. The lowest BCUT2D eigenvalue weighted by Gasteiger charge is -2.08. The van der Waals surface area contributed by atoms with Crippen LogP contribution in [0.2, 0.25) is 0 Å². The molecule has 0 radical (unpaired) electrons. The van der Waals surface area contributed by atoms with E-state index in [1.54, 1.807) is 24.3 Å². The van der Waals surface area contributed by atoms with Gasteiger partial charge in [0.25, 0.3) is 0 Å². The summed E-state index contributed by atoms with van der Waals surface area (Å²) in [7, 11) is 0. The van der Waals surface area contributed by atoms with Crippen LogP contribution in [0.1, 0.15) is 5.56 Å². The third-order valence-corrected chi connectivity index (χ3v) is 3.95. The highest BCUT2D eigenvalue weighted by molar-refractivity contribution is 8.00. The van der Waals surface area contributed by atoms with Gasteiger partial charge in [-0.1, -0.05) is 30.3 Å². The predicted octanol–water partition coefficient (Wildman–Crippen LogP) is 2.57. The molecule has 0 aliphatic heterocycles. The fourth-order valence-electron chi connectivity index (χ4n) is 1.90. The van der Waals surface area contributed by atoms with E-state index in [1.807, 2.05) is 18.2 Å². The summed E-state index contributed by atoms with van der Waals surface area (Å²) in [6.45, 7) is 0. The van der Waals surface area contributed by atoms with Crippen molar-refractivity contribution in [2.24, 2.45) is 10.8 Å². The number of carbonyl (C=O) groups excluding carboxylic acids is 2. The van der Waals surface area contributed by atoms with E-state index in [0.717, 1.165) is 5.69 Å². The number of halogens is 1. The number of carbonyl (C=O) groups is 2. The number of anilines is 1. The largest absolute Gasteiger partial charge is 0.350 e. The first-order chi connectivity index (χ1) is 12.0. The number of hydrazone groups is 1. The molecule has 2 rings (SSSR count). The van der Waals surface area contributed by atoms with Crippen LogP contribution in [-0.2, 0) is 4.79 Å². The van der Waals surface area contributed by atoms with Crippen molar-refractivity contribution in [3.8, 4) is 0 Å². The average molecular weight is 360 g/mol. The van der Waals surface area contributed by atoms with Crippen molar-refractivity contribution >= 4 is 35.1 Å². The fourth-order valence-corrected chi connectivity index (χ4v) is 2.69. The van der Waals surface area contributed by atoms with Gasteiger partial charge in [0.1, 0.15) is 5.82 Å². The van der Waals surface area contributed by atoms with E-state index in [9.17, 15) is 14.0 Å². The molecule has 0 bridgehead atoms. The number of para-hydroxylation sites is 1. The number of benzene rings is 2. The minimum atomic E-state index is -0.800. The molecule has 0 aliphatic rings. The number of hydrogen-bond acceptors (Lipinski definition) is 4. The third-order valence-electron chi connectivity index (χ3n) is 3.01. The topological polar surface area (TPSA) is 96.6 Å².